The van der Waals surface area contributed by atoms with Gasteiger partial charge in [-0.2, -0.15) is 0 Å². The maximum atomic E-state index is 9.44. The van der Waals surface area contributed by atoms with Crippen molar-refractivity contribution in [3.63, 3.8) is 0 Å². The summed E-state index contributed by atoms with van der Waals surface area (Å²) in [5, 5.41) is 11.8. The lowest BCUT2D eigenvalue weighted by atomic mass is 10.0. The van der Waals surface area contributed by atoms with Gasteiger partial charge in [-0.05, 0) is 40.5 Å². The molecular weight excluding hydrogens is 172 g/mol. The van der Waals surface area contributed by atoms with E-state index in [0.717, 1.165) is 6.42 Å². The Kier molecular flexibility index (Phi) is 1.42. The van der Waals surface area contributed by atoms with Crippen molar-refractivity contribution in [1.29, 1.82) is 0 Å². The lowest BCUT2D eigenvalue weighted by molar-refractivity contribution is 0.476. The maximum Gasteiger partial charge on any atom is 0.116 e. The number of fused-ring (bicyclic) bond motifs is 3. The average Bonchev–Trinajstić information content (AvgIpc) is 2.65. The molecule has 1 N–H and O–H groups in total. The molecule has 0 heterocycles. The van der Waals surface area contributed by atoms with E-state index in [4.69, 9.17) is 0 Å². The van der Waals surface area contributed by atoms with Crippen LogP contribution in [-0.2, 0) is 6.42 Å². The first-order chi connectivity index (χ1) is 6.84. The van der Waals surface area contributed by atoms with Crippen LogP contribution in [0.5, 0.6) is 5.75 Å². The van der Waals surface area contributed by atoms with Gasteiger partial charge in [0, 0.05) is 0 Å². The monoisotopic (exact) mass is 182 g/mol. The number of hydrogen-bond donors (Lipinski definition) is 1. The minimum Gasteiger partial charge on any atom is -0.508 e. The van der Waals surface area contributed by atoms with Gasteiger partial charge in [0.05, 0.1) is 0 Å². The first-order valence-electron chi connectivity index (χ1n) is 4.76. The van der Waals surface area contributed by atoms with Gasteiger partial charge in [-0.25, -0.2) is 0 Å². The molecule has 0 radical (unpaired) electrons. The van der Waals surface area contributed by atoms with Crippen molar-refractivity contribution in [2.45, 2.75) is 6.42 Å². The Morgan fingerprint density at radius 1 is 1.07 bits per heavy atom. The lowest BCUT2D eigenvalue weighted by Gasteiger charge is -2.05. The van der Waals surface area contributed by atoms with Gasteiger partial charge < -0.3 is 5.11 Å². The second kappa shape index (κ2) is 2.61. The number of benzene rings is 2. The van der Waals surface area contributed by atoms with Crippen molar-refractivity contribution in [2.24, 2.45) is 0 Å². The third kappa shape index (κ3) is 0.956. The Morgan fingerprint density at radius 3 is 2.86 bits per heavy atom. The molecule has 1 heteroatoms. The summed E-state index contributed by atoms with van der Waals surface area (Å²) in [4.78, 5) is 0. The fraction of sp³-hybridized carbons (Fsp3) is 0.0769. The topological polar surface area (TPSA) is 20.2 Å². The van der Waals surface area contributed by atoms with Crippen LogP contribution in [0.25, 0.3) is 16.8 Å². The molecule has 0 fully saturated rings. The molecule has 0 aliphatic heterocycles. The third-order valence-corrected chi connectivity index (χ3v) is 2.77. The number of hydrogen-bond acceptors (Lipinski definition) is 1. The molecule has 0 atom stereocenters. The summed E-state index contributed by atoms with van der Waals surface area (Å²) < 4.78 is 0. The van der Waals surface area contributed by atoms with Crippen LogP contribution >= 0.6 is 0 Å². The van der Waals surface area contributed by atoms with E-state index < -0.39 is 0 Å². The van der Waals surface area contributed by atoms with E-state index in [1.165, 1.54) is 21.9 Å². The van der Waals surface area contributed by atoms with Crippen molar-refractivity contribution in [3.05, 3.63) is 47.5 Å². The summed E-state index contributed by atoms with van der Waals surface area (Å²) in [6.07, 6.45) is 5.28. The standard InChI is InChI=1S/C13H10O/c14-11-7-6-10-5-4-9-2-1-3-12(9)13(10)8-11/h1-2,4-8,14H,3H2. The van der Waals surface area contributed by atoms with Crippen LogP contribution in [0.3, 0.4) is 0 Å². The van der Waals surface area contributed by atoms with E-state index in [-0.39, 0.29) is 0 Å². The summed E-state index contributed by atoms with van der Waals surface area (Å²) in [7, 11) is 0. The van der Waals surface area contributed by atoms with Crippen LogP contribution in [0, 0.1) is 0 Å². The highest BCUT2D eigenvalue weighted by molar-refractivity contribution is 5.91. The van der Waals surface area contributed by atoms with Gasteiger partial charge in [0.15, 0.2) is 0 Å². The molecule has 0 saturated heterocycles. The Morgan fingerprint density at radius 2 is 1.93 bits per heavy atom. The van der Waals surface area contributed by atoms with Gasteiger partial charge in [0.25, 0.3) is 0 Å². The second-order valence-corrected chi connectivity index (χ2v) is 3.65. The quantitative estimate of drug-likeness (QED) is 0.663. The zero-order valence-corrected chi connectivity index (χ0v) is 7.70. The molecule has 0 unspecified atom stereocenters. The molecule has 2 aromatic carbocycles. The molecule has 1 aliphatic rings. The molecule has 68 valence electrons. The first-order valence-corrected chi connectivity index (χ1v) is 4.76. The van der Waals surface area contributed by atoms with Crippen molar-refractivity contribution in [3.8, 4) is 5.75 Å². The molecular formula is C13H10O. The van der Waals surface area contributed by atoms with Gasteiger partial charge in [0.2, 0.25) is 0 Å². The van der Waals surface area contributed by atoms with Crippen molar-refractivity contribution < 1.29 is 5.11 Å². The average molecular weight is 182 g/mol. The summed E-state index contributed by atoms with van der Waals surface area (Å²) in [5.74, 6) is 0.345. The second-order valence-electron chi connectivity index (χ2n) is 3.65. The Balaban J connectivity index is 2.43. The fourth-order valence-electron chi connectivity index (χ4n) is 2.07. The van der Waals surface area contributed by atoms with Crippen LogP contribution in [-0.4, -0.2) is 5.11 Å². The van der Waals surface area contributed by atoms with Crippen molar-refractivity contribution in [2.75, 3.05) is 0 Å². The molecule has 0 bridgehead atoms. The van der Waals surface area contributed by atoms with Crippen molar-refractivity contribution >= 4 is 16.8 Å². The Hall–Kier alpha value is -1.76. The molecule has 3 rings (SSSR count). The third-order valence-electron chi connectivity index (χ3n) is 2.77. The number of phenols is 1. The molecule has 1 aliphatic carbocycles. The van der Waals surface area contributed by atoms with Crippen LogP contribution in [0.1, 0.15) is 11.1 Å². The fourth-order valence-corrected chi connectivity index (χ4v) is 2.07. The molecule has 14 heavy (non-hydrogen) atoms. The number of phenolic OH excluding ortho intramolecular Hbond substituents is 1. The van der Waals surface area contributed by atoms with Crippen LogP contribution in [0.15, 0.2) is 36.4 Å². The Bertz CT molecular complexity index is 538. The highest BCUT2D eigenvalue weighted by atomic mass is 16.3. The Labute approximate surface area is 82.3 Å². The van der Waals surface area contributed by atoms with E-state index in [1.54, 1.807) is 6.07 Å². The van der Waals surface area contributed by atoms with E-state index in [9.17, 15) is 5.11 Å². The molecule has 0 amide bonds. The zero-order valence-electron chi connectivity index (χ0n) is 7.70. The van der Waals surface area contributed by atoms with Crippen LogP contribution in [0.4, 0.5) is 0 Å². The minimum atomic E-state index is 0.345. The maximum absolute atomic E-state index is 9.44. The minimum absolute atomic E-state index is 0.345. The van der Waals surface area contributed by atoms with E-state index in [0.29, 0.717) is 5.75 Å². The molecule has 0 aromatic heterocycles. The largest absolute Gasteiger partial charge is 0.508 e. The van der Waals surface area contributed by atoms with Crippen molar-refractivity contribution in [1.82, 2.24) is 0 Å². The number of rotatable bonds is 0. The van der Waals surface area contributed by atoms with Gasteiger partial charge in [-0.3, -0.25) is 0 Å². The van der Waals surface area contributed by atoms with Gasteiger partial charge in [-0.1, -0.05) is 30.4 Å². The first kappa shape index (κ1) is 7.63. The van der Waals surface area contributed by atoms with Crippen LogP contribution < -0.4 is 0 Å². The molecule has 2 aromatic rings. The summed E-state index contributed by atoms with van der Waals surface area (Å²) in [5.41, 5.74) is 2.61. The summed E-state index contributed by atoms with van der Waals surface area (Å²) in [6, 6.07) is 9.78. The smallest absolute Gasteiger partial charge is 0.116 e. The predicted octanol–water partition coefficient (Wildman–Crippen LogP) is 3.11. The lowest BCUT2D eigenvalue weighted by Crippen LogP contribution is -1.84. The van der Waals surface area contributed by atoms with E-state index in [2.05, 4.69) is 24.3 Å². The summed E-state index contributed by atoms with van der Waals surface area (Å²) >= 11 is 0. The van der Waals surface area contributed by atoms with Crippen LogP contribution in [0.2, 0.25) is 0 Å². The van der Waals surface area contributed by atoms with Gasteiger partial charge in [-0.15, -0.1) is 0 Å². The zero-order chi connectivity index (χ0) is 9.54. The van der Waals surface area contributed by atoms with Gasteiger partial charge >= 0.3 is 0 Å². The summed E-state index contributed by atoms with van der Waals surface area (Å²) in [6.45, 7) is 0. The predicted molar refractivity (Wildman–Crippen MR) is 58.4 cm³/mol. The highest BCUT2D eigenvalue weighted by Crippen LogP contribution is 2.30. The number of aromatic hydroxyl groups is 1. The van der Waals surface area contributed by atoms with E-state index in [1.807, 2.05) is 12.1 Å². The van der Waals surface area contributed by atoms with Gasteiger partial charge in [0.1, 0.15) is 5.75 Å². The highest BCUT2D eigenvalue weighted by Gasteiger charge is 2.08. The van der Waals surface area contributed by atoms with E-state index >= 15 is 0 Å². The number of allylic oxidation sites excluding steroid dienone is 1. The SMILES string of the molecule is Oc1ccc2ccc3c(c2c1)CC=C3. The molecule has 1 nitrogen and oxygen atoms in total. The molecule has 0 spiro atoms. The normalized spacial score (nSPS) is 13.4. The molecule has 0 saturated carbocycles.